The Labute approximate surface area is 175 Å². The summed E-state index contributed by atoms with van der Waals surface area (Å²) in [5.41, 5.74) is 0.353. The van der Waals surface area contributed by atoms with E-state index < -0.39 is 15.9 Å². The Morgan fingerprint density at radius 3 is 2.45 bits per heavy atom. The average molecular weight is 439 g/mol. The molecule has 1 amide bonds. The monoisotopic (exact) mass is 438 g/mol. The summed E-state index contributed by atoms with van der Waals surface area (Å²) in [6.45, 7) is 0.746. The van der Waals surface area contributed by atoms with Crippen LogP contribution in [0.25, 0.3) is 0 Å². The zero-order chi connectivity index (χ0) is 20.9. The fourth-order valence-electron chi connectivity index (χ4n) is 3.08. The quantitative estimate of drug-likeness (QED) is 0.714. The third-order valence-electron chi connectivity index (χ3n) is 4.56. The summed E-state index contributed by atoms with van der Waals surface area (Å²) < 4.78 is 38.2. The van der Waals surface area contributed by atoms with E-state index >= 15 is 0 Å². The molecule has 2 aromatic carbocycles. The second kappa shape index (κ2) is 9.47. The topological polar surface area (TPSA) is 84.9 Å². The van der Waals surface area contributed by atoms with Gasteiger partial charge in [-0.3, -0.25) is 4.79 Å². The minimum Gasteiger partial charge on any atom is -0.495 e. The van der Waals surface area contributed by atoms with Gasteiger partial charge >= 0.3 is 0 Å². The lowest BCUT2D eigenvalue weighted by Gasteiger charge is -2.26. The van der Waals surface area contributed by atoms with Gasteiger partial charge in [0.2, 0.25) is 10.0 Å². The van der Waals surface area contributed by atoms with Gasteiger partial charge in [-0.2, -0.15) is 4.31 Å². The highest BCUT2D eigenvalue weighted by atomic mass is 35.5. The van der Waals surface area contributed by atoms with Crippen LogP contribution in [0.15, 0.2) is 47.4 Å². The SMILES string of the molecule is COc1ccc(NC(=O)COc2ccc(Cl)cc2)cc1S(=O)(=O)N1CCCCC1. The van der Waals surface area contributed by atoms with Gasteiger partial charge in [-0.15, -0.1) is 0 Å². The average Bonchev–Trinajstić information content (AvgIpc) is 2.74. The highest BCUT2D eigenvalue weighted by Gasteiger charge is 2.29. The molecule has 0 spiro atoms. The first-order chi connectivity index (χ1) is 13.9. The first-order valence-electron chi connectivity index (χ1n) is 9.26. The Hall–Kier alpha value is -2.29. The molecule has 9 heteroatoms. The first-order valence-corrected chi connectivity index (χ1v) is 11.1. The van der Waals surface area contributed by atoms with Gasteiger partial charge in [-0.1, -0.05) is 18.0 Å². The van der Waals surface area contributed by atoms with Crippen molar-refractivity contribution < 1.29 is 22.7 Å². The number of benzene rings is 2. The Morgan fingerprint density at radius 1 is 1.10 bits per heavy atom. The summed E-state index contributed by atoms with van der Waals surface area (Å²) >= 11 is 5.82. The molecule has 7 nitrogen and oxygen atoms in total. The van der Waals surface area contributed by atoms with Crippen LogP contribution in [0.2, 0.25) is 5.02 Å². The second-order valence-corrected chi connectivity index (χ2v) is 8.96. The number of carbonyl (C=O) groups excluding carboxylic acids is 1. The molecule has 1 aliphatic heterocycles. The van der Waals surface area contributed by atoms with Crippen LogP contribution in [0.4, 0.5) is 5.69 Å². The normalized spacial score (nSPS) is 15.0. The lowest BCUT2D eigenvalue weighted by molar-refractivity contribution is -0.118. The van der Waals surface area contributed by atoms with Gasteiger partial charge in [0.25, 0.3) is 5.91 Å². The number of anilines is 1. The molecular weight excluding hydrogens is 416 g/mol. The summed E-state index contributed by atoms with van der Waals surface area (Å²) in [7, 11) is -2.29. The van der Waals surface area contributed by atoms with E-state index in [-0.39, 0.29) is 17.3 Å². The molecule has 1 N–H and O–H groups in total. The number of sulfonamides is 1. The Bertz CT molecular complexity index is 957. The molecule has 156 valence electrons. The minimum absolute atomic E-state index is 0.0401. The maximum absolute atomic E-state index is 13.0. The standard InChI is InChI=1S/C20H23ClN2O5S/c1-27-18-10-7-16(13-19(18)29(25,26)23-11-3-2-4-12-23)22-20(24)14-28-17-8-5-15(21)6-9-17/h5-10,13H,2-4,11-12,14H2,1H3,(H,22,24). The fourth-order valence-corrected chi connectivity index (χ4v) is 4.90. The van der Waals surface area contributed by atoms with E-state index in [4.69, 9.17) is 21.1 Å². The van der Waals surface area contributed by atoms with Crippen LogP contribution in [0.5, 0.6) is 11.5 Å². The number of nitrogens with zero attached hydrogens (tertiary/aromatic N) is 1. The van der Waals surface area contributed by atoms with Crippen molar-refractivity contribution in [2.24, 2.45) is 0 Å². The van der Waals surface area contributed by atoms with Crippen molar-refractivity contribution in [1.29, 1.82) is 0 Å². The largest absolute Gasteiger partial charge is 0.495 e. The van der Waals surface area contributed by atoms with Crippen molar-refractivity contribution >= 4 is 33.2 Å². The van der Waals surface area contributed by atoms with Crippen LogP contribution in [0.1, 0.15) is 19.3 Å². The van der Waals surface area contributed by atoms with Crippen LogP contribution in [0.3, 0.4) is 0 Å². The van der Waals surface area contributed by atoms with Crippen LogP contribution in [-0.2, 0) is 14.8 Å². The highest BCUT2D eigenvalue weighted by molar-refractivity contribution is 7.89. The van der Waals surface area contributed by atoms with Gasteiger partial charge in [0.1, 0.15) is 16.4 Å². The van der Waals surface area contributed by atoms with Crippen LogP contribution < -0.4 is 14.8 Å². The van der Waals surface area contributed by atoms with E-state index in [0.717, 1.165) is 19.3 Å². The number of hydrogen-bond acceptors (Lipinski definition) is 5. The summed E-state index contributed by atoms with van der Waals surface area (Å²) in [6, 6.07) is 11.2. The maximum atomic E-state index is 13.0. The minimum atomic E-state index is -3.71. The van der Waals surface area contributed by atoms with E-state index in [1.165, 1.54) is 23.5 Å². The molecule has 0 aromatic heterocycles. The van der Waals surface area contributed by atoms with Gasteiger partial charge in [-0.25, -0.2) is 8.42 Å². The number of carbonyl (C=O) groups is 1. The number of amides is 1. The molecular formula is C20H23ClN2O5S. The molecule has 29 heavy (non-hydrogen) atoms. The number of nitrogens with one attached hydrogen (secondary N) is 1. The molecule has 0 saturated carbocycles. The number of piperidine rings is 1. The molecule has 0 unspecified atom stereocenters. The molecule has 0 bridgehead atoms. The molecule has 1 heterocycles. The first kappa shape index (κ1) is 21.4. The zero-order valence-electron chi connectivity index (χ0n) is 16.1. The molecule has 1 fully saturated rings. The summed E-state index contributed by atoms with van der Waals surface area (Å²) in [4.78, 5) is 12.3. The van der Waals surface area contributed by atoms with E-state index in [0.29, 0.717) is 29.5 Å². The zero-order valence-corrected chi connectivity index (χ0v) is 17.6. The highest BCUT2D eigenvalue weighted by Crippen LogP contribution is 2.31. The third kappa shape index (κ3) is 5.41. The lowest BCUT2D eigenvalue weighted by Crippen LogP contribution is -2.35. The molecule has 2 aromatic rings. The third-order valence-corrected chi connectivity index (χ3v) is 6.74. The molecule has 0 atom stereocenters. The van der Waals surface area contributed by atoms with Crippen molar-refractivity contribution in [3.05, 3.63) is 47.5 Å². The van der Waals surface area contributed by atoms with E-state index in [2.05, 4.69) is 5.32 Å². The number of methoxy groups -OCH3 is 1. The predicted octanol–water partition coefficient (Wildman–Crippen LogP) is 3.54. The number of hydrogen-bond donors (Lipinski definition) is 1. The van der Waals surface area contributed by atoms with E-state index in [1.54, 1.807) is 30.3 Å². The van der Waals surface area contributed by atoms with Crippen molar-refractivity contribution in [2.75, 3.05) is 32.1 Å². The molecule has 0 radical (unpaired) electrons. The van der Waals surface area contributed by atoms with Gasteiger partial charge in [0.05, 0.1) is 7.11 Å². The predicted molar refractivity (Wildman–Crippen MR) is 111 cm³/mol. The van der Waals surface area contributed by atoms with Gasteiger partial charge < -0.3 is 14.8 Å². The summed E-state index contributed by atoms with van der Waals surface area (Å²) in [6.07, 6.45) is 2.69. The van der Waals surface area contributed by atoms with Crippen molar-refractivity contribution in [3.8, 4) is 11.5 Å². The van der Waals surface area contributed by atoms with Crippen molar-refractivity contribution in [1.82, 2.24) is 4.31 Å². The van der Waals surface area contributed by atoms with E-state index in [9.17, 15) is 13.2 Å². The second-order valence-electron chi connectivity index (χ2n) is 6.62. The molecule has 1 aliphatic rings. The number of rotatable bonds is 7. The fraction of sp³-hybridized carbons (Fsp3) is 0.350. The Kier molecular flexibility index (Phi) is 7.00. The number of halogens is 1. The van der Waals surface area contributed by atoms with Crippen LogP contribution in [0, 0.1) is 0 Å². The van der Waals surface area contributed by atoms with Crippen molar-refractivity contribution in [2.45, 2.75) is 24.2 Å². The lowest BCUT2D eigenvalue weighted by atomic mass is 10.2. The summed E-state index contributed by atoms with van der Waals surface area (Å²) in [5, 5.41) is 3.23. The molecule has 3 rings (SSSR count). The van der Waals surface area contributed by atoms with E-state index in [1.807, 2.05) is 0 Å². The number of ether oxygens (including phenoxy) is 2. The molecule has 1 saturated heterocycles. The molecule has 0 aliphatic carbocycles. The summed E-state index contributed by atoms with van der Waals surface area (Å²) in [5.74, 6) is 0.338. The van der Waals surface area contributed by atoms with Gasteiger partial charge in [-0.05, 0) is 55.3 Å². The maximum Gasteiger partial charge on any atom is 0.262 e. The Morgan fingerprint density at radius 2 is 1.79 bits per heavy atom. The van der Waals surface area contributed by atoms with Gasteiger partial charge in [0, 0.05) is 23.8 Å². The van der Waals surface area contributed by atoms with Crippen LogP contribution in [-0.4, -0.2) is 45.4 Å². The van der Waals surface area contributed by atoms with Crippen molar-refractivity contribution in [3.63, 3.8) is 0 Å². The smallest absolute Gasteiger partial charge is 0.262 e. The van der Waals surface area contributed by atoms with Crippen LogP contribution >= 0.6 is 11.6 Å². The van der Waals surface area contributed by atoms with Gasteiger partial charge in [0.15, 0.2) is 6.61 Å². The Balaban J connectivity index is 1.72.